The van der Waals surface area contributed by atoms with Crippen molar-refractivity contribution < 1.29 is 0 Å². The van der Waals surface area contributed by atoms with Crippen LogP contribution in [0.5, 0.6) is 0 Å². The van der Waals surface area contributed by atoms with Crippen LogP contribution in [-0.4, -0.2) is 31.7 Å². The maximum atomic E-state index is 4.77. The molecule has 6 heteroatoms. The number of hydrogen-bond acceptors (Lipinski definition) is 5. The third-order valence-corrected chi connectivity index (χ3v) is 7.53. The van der Waals surface area contributed by atoms with E-state index in [0.29, 0.717) is 11.5 Å². The fourth-order valence-electron chi connectivity index (χ4n) is 4.60. The summed E-state index contributed by atoms with van der Waals surface area (Å²) in [5, 5.41) is 8.50. The van der Waals surface area contributed by atoms with E-state index in [-0.39, 0.29) is 0 Å². The minimum absolute atomic E-state index is 0.456. The zero-order valence-electron chi connectivity index (χ0n) is 16.2. The molecule has 1 N–H and O–H groups in total. The van der Waals surface area contributed by atoms with Crippen LogP contribution in [0.15, 0.2) is 30.6 Å². The average molecular weight is 390 g/mol. The highest BCUT2D eigenvalue weighted by atomic mass is 32.1. The standard InChI is InChI=1S/C22H23N5S/c1-13-7-17(26-27-12-14(2)25-21(13)27)16-8-20-18(23-11-16)9-19(28-20)15-3-6-24-22(10-15)4-5-22/h7-9,11-12,15,24H,3-6,10H2,1-2H3. The van der Waals surface area contributed by atoms with E-state index in [4.69, 9.17) is 10.1 Å². The first-order chi connectivity index (χ1) is 13.6. The summed E-state index contributed by atoms with van der Waals surface area (Å²) in [6.45, 7) is 5.24. The lowest BCUT2D eigenvalue weighted by Gasteiger charge is -2.29. The van der Waals surface area contributed by atoms with Gasteiger partial charge in [0.05, 0.1) is 27.8 Å². The Labute approximate surface area is 167 Å². The molecule has 4 aromatic heterocycles. The highest BCUT2D eigenvalue weighted by Gasteiger charge is 2.46. The summed E-state index contributed by atoms with van der Waals surface area (Å²) in [5.74, 6) is 0.678. The van der Waals surface area contributed by atoms with E-state index in [0.717, 1.165) is 40.2 Å². The van der Waals surface area contributed by atoms with Gasteiger partial charge in [-0.15, -0.1) is 11.3 Å². The van der Waals surface area contributed by atoms with Gasteiger partial charge in [-0.25, -0.2) is 9.50 Å². The maximum Gasteiger partial charge on any atom is 0.156 e. The third kappa shape index (κ3) is 2.66. The van der Waals surface area contributed by atoms with Crippen LogP contribution >= 0.6 is 11.3 Å². The van der Waals surface area contributed by atoms with Gasteiger partial charge >= 0.3 is 0 Å². The highest BCUT2D eigenvalue weighted by molar-refractivity contribution is 7.19. The van der Waals surface area contributed by atoms with E-state index in [1.165, 1.54) is 35.3 Å². The number of aryl methyl sites for hydroxylation is 2. The molecule has 4 aromatic rings. The molecule has 142 valence electrons. The molecule has 2 fully saturated rings. The molecule has 0 amide bonds. The Kier molecular flexibility index (Phi) is 3.47. The topological polar surface area (TPSA) is 55.1 Å². The van der Waals surface area contributed by atoms with Crippen molar-refractivity contribution in [3.8, 4) is 11.3 Å². The monoisotopic (exact) mass is 389 g/mol. The number of thiophene rings is 1. The molecule has 1 aliphatic heterocycles. The number of piperidine rings is 1. The van der Waals surface area contributed by atoms with E-state index in [1.807, 2.05) is 35.2 Å². The Morgan fingerprint density at radius 1 is 1.21 bits per heavy atom. The molecular formula is C22H23N5S. The minimum atomic E-state index is 0.456. The lowest BCUT2D eigenvalue weighted by Crippen LogP contribution is -2.39. The second kappa shape index (κ2) is 5.84. The predicted molar refractivity (Wildman–Crippen MR) is 113 cm³/mol. The van der Waals surface area contributed by atoms with Crippen LogP contribution in [0.2, 0.25) is 0 Å². The van der Waals surface area contributed by atoms with Crippen molar-refractivity contribution in [2.24, 2.45) is 0 Å². The van der Waals surface area contributed by atoms with Crippen molar-refractivity contribution in [3.63, 3.8) is 0 Å². The van der Waals surface area contributed by atoms with Crippen molar-refractivity contribution in [1.82, 2.24) is 24.9 Å². The molecule has 2 aliphatic rings. The predicted octanol–water partition coefficient (Wildman–Crippen LogP) is 4.62. The lowest BCUT2D eigenvalue weighted by atomic mass is 9.89. The number of hydrogen-bond donors (Lipinski definition) is 1. The fourth-order valence-corrected chi connectivity index (χ4v) is 5.79. The quantitative estimate of drug-likeness (QED) is 0.543. The van der Waals surface area contributed by atoms with Crippen molar-refractivity contribution in [3.05, 3.63) is 46.7 Å². The first-order valence-corrected chi connectivity index (χ1v) is 10.9. The SMILES string of the molecule is Cc1cn2nc(-c3cnc4cc(C5CCNC6(CC6)C5)sc4c3)cc(C)c2n1. The van der Waals surface area contributed by atoms with Gasteiger partial charge in [0.2, 0.25) is 0 Å². The molecule has 5 heterocycles. The third-order valence-electron chi connectivity index (χ3n) is 6.30. The second-order valence-electron chi connectivity index (χ2n) is 8.52. The first-order valence-electron chi connectivity index (χ1n) is 10.1. The van der Waals surface area contributed by atoms with Gasteiger partial charge in [-0.2, -0.15) is 5.10 Å². The van der Waals surface area contributed by atoms with Crippen LogP contribution in [0.1, 0.15) is 47.7 Å². The lowest BCUT2D eigenvalue weighted by molar-refractivity contribution is 0.349. The van der Waals surface area contributed by atoms with E-state index in [1.54, 1.807) is 0 Å². The summed E-state index contributed by atoms with van der Waals surface area (Å²) >= 11 is 1.92. The number of nitrogens with zero attached hydrogens (tertiary/aromatic N) is 4. The summed E-state index contributed by atoms with van der Waals surface area (Å²) in [4.78, 5) is 10.8. The number of rotatable bonds is 2. The van der Waals surface area contributed by atoms with Crippen molar-refractivity contribution >= 4 is 27.2 Å². The van der Waals surface area contributed by atoms with E-state index in [2.05, 4.69) is 35.4 Å². The molecule has 1 saturated heterocycles. The van der Waals surface area contributed by atoms with Crippen LogP contribution in [-0.2, 0) is 0 Å². The van der Waals surface area contributed by atoms with Crippen LogP contribution in [0, 0.1) is 13.8 Å². The molecule has 1 spiro atoms. The van der Waals surface area contributed by atoms with Crippen LogP contribution in [0.25, 0.3) is 27.1 Å². The first kappa shape index (κ1) is 16.6. The molecule has 6 rings (SSSR count). The van der Waals surface area contributed by atoms with Crippen LogP contribution in [0.4, 0.5) is 0 Å². The van der Waals surface area contributed by atoms with Gasteiger partial charge in [-0.3, -0.25) is 4.98 Å². The number of fused-ring (bicyclic) bond motifs is 2. The Morgan fingerprint density at radius 3 is 2.96 bits per heavy atom. The van der Waals surface area contributed by atoms with Gasteiger partial charge in [0.25, 0.3) is 0 Å². The second-order valence-corrected chi connectivity index (χ2v) is 9.63. The zero-order chi connectivity index (χ0) is 18.9. The molecule has 1 aliphatic carbocycles. The fraction of sp³-hybridized carbons (Fsp3) is 0.409. The molecule has 1 saturated carbocycles. The molecular weight excluding hydrogens is 366 g/mol. The summed E-state index contributed by atoms with van der Waals surface area (Å²) in [7, 11) is 0. The molecule has 28 heavy (non-hydrogen) atoms. The van der Waals surface area contributed by atoms with Crippen molar-refractivity contribution in [2.75, 3.05) is 6.54 Å². The van der Waals surface area contributed by atoms with Crippen LogP contribution < -0.4 is 5.32 Å². The molecule has 5 nitrogen and oxygen atoms in total. The Balaban J connectivity index is 1.38. The van der Waals surface area contributed by atoms with Crippen molar-refractivity contribution in [2.45, 2.75) is 51.0 Å². The molecule has 1 unspecified atom stereocenters. The summed E-state index contributed by atoms with van der Waals surface area (Å²) < 4.78 is 3.14. The van der Waals surface area contributed by atoms with Crippen molar-refractivity contribution in [1.29, 1.82) is 0 Å². The summed E-state index contributed by atoms with van der Waals surface area (Å²) in [6.07, 6.45) is 9.14. The summed E-state index contributed by atoms with van der Waals surface area (Å²) in [6, 6.07) is 6.68. The average Bonchev–Trinajstić information content (AvgIpc) is 3.13. The van der Waals surface area contributed by atoms with Gasteiger partial charge in [0.15, 0.2) is 5.65 Å². The highest BCUT2D eigenvalue weighted by Crippen LogP contribution is 2.48. The van der Waals surface area contributed by atoms with Gasteiger partial charge in [-0.1, -0.05) is 0 Å². The van der Waals surface area contributed by atoms with Gasteiger partial charge < -0.3 is 5.32 Å². The number of nitrogens with one attached hydrogen (secondary N) is 1. The van der Waals surface area contributed by atoms with Gasteiger partial charge in [0.1, 0.15) is 0 Å². The smallest absolute Gasteiger partial charge is 0.156 e. The Bertz CT molecular complexity index is 1220. The number of pyridine rings is 1. The summed E-state index contributed by atoms with van der Waals surface area (Å²) in [5.41, 5.74) is 6.63. The largest absolute Gasteiger partial charge is 0.311 e. The molecule has 0 bridgehead atoms. The zero-order valence-corrected chi connectivity index (χ0v) is 17.0. The van der Waals surface area contributed by atoms with E-state index >= 15 is 0 Å². The number of imidazole rings is 1. The Hall–Kier alpha value is -2.31. The molecule has 0 radical (unpaired) electrons. The Morgan fingerprint density at radius 2 is 2.11 bits per heavy atom. The molecule has 0 aromatic carbocycles. The number of aromatic nitrogens is 4. The van der Waals surface area contributed by atoms with E-state index < -0.39 is 0 Å². The van der Waals surface area contributed by atoms with Gasteiger partial charge in [0, 0.05) is 22.2 Å². The van der Waals surface area contributed by atoms with E-state index in [9.17, 15) is 0 Å². The normalized spacial score (nSPS) is 21.0. The minimum Gasteiger partial charge on any atom is -0.311 e. The van der Waals surface area contributed by atoms with Crippen LogP contribution in [0.3, 0.4) is 0 Å². The molecule has 1 atom stereocenters. The maximum absolute atomic E-state index is 4.77. The van der Waals surface area contributed by atoms with Gasteiger partial charge in [-0.05, 0) is 75.8 Å².